The Bertz CT molecular complexity index is 596. The third-order valence-corrected chi connectivity index (χ3v) is 5.59. The quantitative estimate of drug-likeness (QED) is 0.910. The summed E-state index contributed by atoms with van der Waals surface area (Å²) >= 11 is 6.13. The highest BCUT2D eigenvalue weighted by atomic mass is 35.5. The molecular weight excluding hydrogens is 326 g/mol. The van der Waals surface area contributed by atoms with Crippen molar-refractivity contribution in [1.82, 2.24) is 15.1 Å². The molecule has 2 aliphatic rings. The van der Waals surface area contributed by atoms with Gasteiger partial charge >= 0.3 is 6.03 Å². The Morgan fingerprint density at radius 1 is 1.38 bits per heavy atom. The number of piperidine rings is 2. The first-order valence-corrected chi connectivity index (χ1v) is 9.01. The van der Waals surface area contributed by atoms with Crippen LogP contribution in [-0.2, 0) is 6.54 Å². The Kier molecular flexibility index (Phi) is 5.51. The first-order chi connectivity index (χ1) is 11.6. The van der Waals surface area contributed by atoms with Gasteiger partial charge in [-0.25, -0.2) is 4.79 Å². The molecule has 1 aromatic rings. The molecule has 2 amide bonds. The zero-order chi connectivity index (χ0) is 17.1. The molecule has 2 heterocycles. The maximum atomic E-state index is 12.5. The molecule has 1 N–H and O–H groups in total. The smallest absolute Gasteiger partial charge is 0.317 e. The fourth-order valence-corrected chi connectivity index (χ4v) is 4.23. The average molecular weight is 352 g/mol. The first-order valence-electron chi connectivity index (χ1n) is 8.64. The van der Waals surface area contributed by atoms with Crippen LogP contribution in [0.2, 0.25) is 5.02 Å². The van der Waals surface area contributed by atoms with E-state index in [-0.39, 0.29) is 6.03 Å². The van der Waals surface area contributed by atoms with Gasteiger partial charge in [0, 0.05) is 25.7 Å². The summed E-state index contributed by atoms with van der Waals surface area (Å²) < 4.78 is 5.15. The molecule has 132 valence electrons. The second kappa shape index (κ2) is 7.62. The lowest BCUT2D eigenvalue weighted by atomic mass is 9.84. The molecule has 0 aromatic heterocycles. The molecule has 2 fully saturated rings. The number of amides is 2. The van der Waals surface area contributed by atoms with Gasteiger partial charge in [0.1, 0.15) is 5.75 Å². The highest BCUT2D eigenvalue weighted by Crippen LogP contribution is 2.29. The number of halogens is 1. The van der Waals surface area contributed by atoms with Crippen LogP contribution in [0.5, 0.6) is 5.75 Å². The van der Waals surface area contributed by atoms with E-state index in [0.29, 0.717) is 29.3 Å². The topological polar surface area (TPSA) is 44.8 Å². The molecule has 0 radical (unpaired) electrons. The molecule has 6 heteroatoms. The third-order valence-electron chi connectivity index (χ3n) is 5.29. The standard InChI is InChI=1S/C18H26ClN3O2/c1-21-8-3-4-14-12-22(9-7-16(14)21)18(23)20-11-13-5-6-17(24-2)15(19)10-13/h5-6,10,14,16H,3-4,7-9,11-12H2,1-2H3,(H,20,23). The van der Waals surface area contributed by atoms with Crippen molar-refractivity contribution in [2.24, 2.45) is 5.92 Å². The molecular formula is C18H26ClN3O2. The number of hydrogen-bond donors (Lipinski definition) is 1. The van der Waals surface area contributed by atoms with Crippen molar-refractivity contribution in [2.45, 2.75) is 31.8 Å². The number of nitrogens with zero attached hydrogens (tertiary/aromatic N) is 2. The number of urea groups is 1. The number of rotatable bonds is 3. The van der Waals surface area contributed by atoms with Gasteiger partial charge in [0.25, 0.3) is 0 Å². The van der Waals surface area contributed by atoms with E-state index in [1.807, 2.05) is 23.1 Å². The number of hydrogen-bond acceptors (Lipinski definition) is 3. The minimum atomic E-state index is 0.0219. The van der Waals surface area contributed by atoms with Gasteiger partial charge in [0.2, 0.25) is 0 Å². The highest BCUT2D eigenvalue weighted by Gasteiger charge is 2.35. The molecule has 3 rings (SSSR count). The molecule has 0 aliphatic carbocycles. The van der Waals surface area contributed by atoms with Crippen molar-refractivity contribution >= 4 is 17.6 Å². The number of fused-ring (bicyclic) bond motifs is 1. The second-order valence-electron chi connectivity index (χ2n) is 6.81. The Morgan fingerprint density at radius 2 is 2.21 bits per heavy atom. The van der Waals surface area contributed by atoms with Crippen molar-refractivity contribution in [3.05, 3.63) is 28.8 Å². The summed E-state index contributed by atoms with van der Waals surface area (Å²) in [5, 5.41) is 3.58. The van der Waals surface area contributed by atoms with E-state index >= 15 is 0 Å². The number of methoxy groups -OCH3 is 1. The van der Waals surface area contributed by atoms with Crippen molar-refractivity contribution < 1.29 is 9.53 Å². The van der Waals surface area contributed by atoms with Crippen LogP contribution in [0.3, 0.4) is 0 Å². The summed E-state index contributed by atoms with van der Waals surface area (Å²) in [7, 11) is 3.80. The highest BCUT2D eigenvalue weighted by molar-refractivity contribution is 6.32. The summed E-state index contributed by atoms with van der Waals surface area (Å²) in [5.74, 6) is 1.26. The van der Waals surface area contributed by atoms with Crippen LogP contribution in [0.1, 0.15) is 24.8 Å². The van der Waals surface area contributed by atoms with Gasteiger partial charge in [-0.05, 0) is 56.5 Å². The Balaban J connectivity index is 1.53. The van der Waals surface area contributed by atoms with E-state index in [2.05, 4.69) is 17.3 Å². The van der Waals surface area contributed by atoms with E-state index < -0.39 is 0 Å². The molecule has 2 atom stereocenters. The molecule has 0 spiro atoms. The molecule has 2 aliphatic heterocycles. The van der Waals surface area contributed by atoms with Gasteiger partial charge in [-0.2, -0.15) is 0 Å². The minimum Gasteiger partial charge on any atom is -0.495 e. The van der Waals surface area contributed by atoms with E-state index in [9.17, 15) is 4.79 Å². The van der Waals surface area contributed by atoms with Gasteiger partial charge in [0.05, 0.1) is 12.1 Å². The number of nitrogens with one attached hydrogen (secondary N) is 1. The predicted octanol–water partition coefficient (Wildman–Crippen LogP) is 2.97. The Morgan fingerprint density at radius 3 is 2.96 bits per heavy atom. The lowest BCUT2D eigenvalue weighted by Gasteiger charge is -2.45. The van der Waals surface area contributed by atoms with E-state index in [1.165, 1.54) is 19.4 Å². The minimum absolute atomic E-state index is 0.0219. The van der Waals surface area contributed by atoms with E-state index in [1.54, 1.807) is 7.11 Å². The van der Waals surface area contributed by atoms with Gasteiger partial charge in [-0.1, -0.05) is 17.7 Å². The number of benzene rings is 1. The summed E-state index contributed by atoms with van der Waals surface area (Å²) in [6.45, 7) is 3.36. The Hall–Kier alpha value is -1.46. The van der Waals surface area contributed by atoms with Gasteiger partial charge in [0.15, 0.2) is 0 Å². The van der Waals surface area contributed by atoms with Crippen LogP contribution in [0.4, 0.5) is 4.79 Å². The average Bonchev–Trinajstić information content (AvgIpc) is 2.59. The third kappa shape index (κ3) is 3.78. The number of likely N-dealkylation sites (tertiary alicyclic amines) is 2. The van der Waals surface area contributed by atoms with Gasteiger partial charge in [-0.3, -0.25) is 0 Å². The van der Waals surface area contributed by atoms with Gasteiger partial charge < -0.3 is 19.9 Å². The lowest BCUT2D eigenvalue weighted by Crippen LogP contribution is -2.55. The fourth-order valence-electron chi connectivity index (χ4n) is 3.95. The fraction of sp³-hybridized carbons (Fsp3) is 0.611. The maximum Gasteiger partial charge on any atom is 0.317 e. The maximum absolute atomic E-state index is 12.5. The number of ether oxygens (including phenoxy) is 1. The number of carbonyl (C=O) groups is 1. The predicted molar refractivity (Wildman–Crippen MR) is 95.6 cm³/mol. The van der Waals surface area contributed by atoms with Crippen molar-refractivity contribution in [3.63, 3.8) is 0 Å². The first kappa shape index (κ1) is 17.4. The molecule has 0 saturated carbocycles. The van der Waals surface area contributed by atoms with Crippen molar-refractivity contribution in [2.75, 3.05) is 33.8 Å². The molecule has 2 unspecified atom stereocenters. The summed E-state index contributed by atoms with van der Waals surface area (Å²) in [5.41, 5.74) is 0.974. The van der Waals surface area contributed by atoms with E-state index in [0.717, 1.165) is 25.1 Å². The second-order valence-corrected chi connectivity index (χ2v) is 7.22. The zero-order valence-electron chi connectivity index (χ0n) is 14.4. The van der Waals surface area contributed by atoms with Crippen LogP contribution in [0.25, 0.3) is 0 Å². The van der Waals surface area contributed by atoms with Gasteiger partial charge in [-0.15, -0.1) is 0 Å². The van der Waals surface area contributed by atoms with Crippen LogP contribution < -0.4 is 10.1 Å². The van der Waals surface area contributed by atoms with Crippen LogP contribution in [0, 0.1) is 5.92 Å². The molecule has 1 aromatic carbocycles. The molecule has 2 saturated heterocycles. The monoisotopic (exact) mass is 351 g/mol. The van der Waals surface area contributed by atoms with Crippen LogP contribution >= 0.6 is 11.6 Å². The van der Waals surface area contributed by atoms with Crippen molar-refractivity contribution in [1.29, 1.82) is 0 Å². The SMILES string of the molecule is COc1ccc(CNC(=O)N2CCC3C(CCCN3C)C2)cc1Cl. The Labute approximate surface area is 148 Å². The summed E-state index contributed by atoms with van der Waals surface area (Å²) in [4.78, 5) is 16.9. The summed E-state index contributed by atoms with van der Waals surface area (Å²) in [6.07, 6.45) is 3.54. The number of carbonyl (C=O) groups excluding carboxylic acids is 1. The van der Waals surface area contributed by atoms with Crippen molar-refractivity contribution in [3.8, 4) is 5.75 Å². The summed E-state index contributed by atoms with van der Waals surface area (Å²) in [6, 6.07) is 6.25. The largest absolute Gasteiger partial charge is 0.495 e. The van der Waals surface area contributed by atoms with Crippen LogP contribution in [-0.4, -0.2) is 55.7 Å². The van der Waals surface area contributed by atoms with Crippen LogP contribution in [0.15, 0.2) is 18.2 Å². The molecule has 0 bridgehead atoms. The molecule has 5 nitrogen and oxygen atoms in total. The van der Waals surface area contributed by atoms with E-state index in [4.69, 9.17) is 16.3 Å². The normalized spacial score (nSPS) is 24.4. The lowest BCUT2D eigenvalue weighted by molar-refractivity contribution is 0.0515. The zero-order valence-corrected chi connectivity index (χ0v) is 15.2. The molecule has 24 heavy (non-hydrogen) atoms.